The molecule has 2 nitrogen and oxygen atoms in total. The van der Waals surface area contributed by atoms with Crippen molar-refractivity contribution in [3.8, 4) is 0 Å². The molecule has 0 radical (unpaired) electrons. The highest BCUT2D eigenvalue weighted by atomic mass is 127. The molecule has 0 spiro atoms. The number of benzene rings is 1. The first-order valence-electron chi connectivity index (χ1n) is 4.03. The number of fused-ring (bicyclic) bond motifs is 1. The summed E-state index contributed by atoms with van der Waals surface area (Å²) in [6.07, 6.45) is 0.999. The van der Waals surface area contributed by atoms with Gasteiger partial charge < -0.3 is 11.1 Å². The summed E-state index contributed by atoms with van der Waals surface area (Å²) in [5, 5.41) is 3.31. The normalized spacial score (nSPS) is 21.3. The lowest BCUT2D eigenvalue weighted by Crippen LogP contribution is -2.35. The fraction of sp³-hybridized carbons (Fsp3) is 0.333. The van der Waals surface area contributed by atoms with E-state index in [2.05, 4.69) is 46.1 Å². The van der Waals surface area contributed by atoms with Gasteiger partial charge in [-0.05, 0) is 52.8 Å². The maximum atomic E-state index is 5.83. The first-order valence-corrected chi connectivity index (χ1v) is 5.11. The highest BCUT2D eigenvalue weighted by Crippen LogP contribution is 2.22. The molecule has 0 saturated heterocycles. The summed E-state index contributed by atoms with van der Waals surface area (Å²) >= 11 is 2.32. The summed E-state index contributed by atoms with van der Waals surface area (Å²) in [4.78, 5) is 0. The Morgan fingerprint density at radius 1 is 1.50 bits per heavy atom. The topological polar surface area (TPSA) is 38.0 Å². The summed E-state index contributed by atoms with van der Waals surface area (Å²) in [5.74, 6) is 0. The fourth-order valence-corrected chi connectivity index (χ4v) is 2.06. The lowest BCUT2D eigenvalue weighted by atomic mass is 10.0. The molecule has 1 aliphatic rings. The SMILES string of the molecule is N[C@H]1CNc2ccc(I)cc2C1. The van der Waals surface area contributed by atoms with Crippen LogP contribution in [-0.4, -0.2) is 12.6 Å². The number of halogens is 1. The quantitative estimate of drug-likeness (QED) is 0.705. The van der Waals surface area contributed by atoms with E-state index >= 15 is 0 Å². The molecule has 0 fully saturated rings. The average molecular weight is 274 g/mol. The zero-order valence-electron chi connectivity index (χ0n) is 6.68. The van der Waals surface area contributed by atoms with E-state index in [1.54, 1.807) is 0 Å². The third kappa shape index (κ3) is 1.56. The Labute approximate surface area is 85.7 Å². The standard InChI is InChI=1S/C9H11IN2/c10-7-1-2-9-6(3-7)4-8(11)5-12-9/h1-3,8,12H,4-5,11H2/t8-/m1/s1. The van der Waals surface area contributed by atoms with E-state index in [-0.39, 0.29) is 6.04 Å². The molecule has 0 unspecified atom stereocenters. The third-order valence-corrected chi connectivity index (χ3v) is 2.78. The molecule has 0 saturated carbocycles. The zero-order valence-corrected chi connectivity index (χ0v) is 8.84. The van der Waals surface area contributed by atoms with Gasteiger partial charge in [0.05, 0.1) is 0 Å². The van der Waals surface area contributed by atoms with Crippen molar-refractivity contribution in [1.29, 1.82) is 0 Å². The van der Waals surface area contributed by atoms with Crippen molar-refractivity contribution >= 4 is 28.3 Å². The second kappa shape index (κ2) is 3.22. The lowest BCUT2D eigenvalue weighted by Gasteiger charge is -2.23. The van der Waals surface area contributed by atoms with Crippen molar-refractivity contribution in [2.45, 2.75) is 12.5 Å². The summed E-state index contributed by atoms with van der Waals surface area (Å²) < 4.78 is 1.28. The highest BCUT2D eigenvalue weighted by Gasteiger charge is 2.13. The van der Waals surface area contributed by atoms with Crippen LogP contribution in [0.5, 0.6) is 0 Å². The number of hydrogen-bond donors (Lipinski definition) is 2. The molecule has 1 heterocycles. The number of rotatable bonds is 0. The first-order chi connectivity index (χ1) is 5.75. The van der Waals surface area contributed by atoms with Crippen molar-refractivity contribution in [3.05, 3.63) is 27.3 Å². The molecular formula is C9H11IN2. The van der Waals surface area contributed by atoms with Crippen LogP contribution >= 0.6 is 22.6 Å². The molecule has 1 atom stereocenters. The zero-order chi connectivity index (χ0) is 8.55. The van der Waals surface area contributed by atoms with Gasteiger partial charge in [0.2, 0.25) is 0 Å². The second-order valence-corrected chi connectivity index (χ2v) is 4.39. The largest absolute Gasteiger partial charge is 0.383 e. The van der Waals surface area contributed by atoms with Gasteiger partial charge in [-0.2, -0.15) is 0 Å². The molecule has 0 aromatic heterocycles. The molecule has 1 aliphatic heterocycles. The van der Waals surface area contributed by atoms with E-state index in [4.69, 9.17) is 5.73 Å². The Kier molecular flexibility index (Phi) is 2.23. The Morgan fingerprint density at radius 3 is 3.17 bits per heavy atom. The monoisotopic (exact) mass is 274 g/mol. The number of nitrogens with two attached hydrogens (primary N) is 1. The third-order valence-electron chi connectivity index (χ3n) is 2.10. The van der Waals surface area contributed by atoms with Crippen molar-refractivity contribution < 1.29 is 0 Å². The van der Waals surface area contributed by atoms with E-state index in [9.17, 15) is 0 Å². The molecule has 64 valence electrons. The fourth-order valence-electron chi connectivity index (χ4n) is 1.50. The summed E-state index contributed by atoms with van der Waals surface area (Å²) in [7, 11) is 0. The first kappa shape index (κ1) is 8.31. The molecule has 2 rings (SSSR count). The predicted molar refractivity (Wildman–Crippen MR) is 59.3 cm³/mol. The smallest absolute Gasteiger partial charge is 0.0374 e. The summed E-state index contributed by atoms with van der Waals surface area (Å²) in [6, 6.07) is 6.71. The van der Waals surface area contributed by atoms with Crippen LogP contribution < -0.4 is 11.1 Å². The van der Waals surface area contributed by atoms with Gasteiger partial charge in [-0.1, -0.05) is 0 Å². The van der Waals surface area contributed by atoms with E-state index in [1.165, 1.54) is 14.8 Å². The lowest BCUT2D eigenvalue weighted by molar-refractivity contribution is 0.679. The van der Waals surface area contributed by atoms with Crippen LogP contribution in [0.1, 0.15) is 5.56 Å². The van der Waals surface area contributed by atoms with Crippen molar-refractivity contribution in [2.24, 2.45) is 5.73 Å². The summed E-state index contributed by atoms with van der Waals surface area (Å²) in [5.41, 5.74) is 8.43. The molecule has 12 heavy (non-hydrogen) atoms. The van der Waals surface area contributed by atoms with Gasteiger partial charge in [0, 0.05) is 21.8 Å². The molecule has 0 aliphatic carbocycles. The van der Waals surface area contributed by atoms with Gasteiger partial charge in [-0.15, -0.1) is 0 Å². The van der Waals surface area contributed by atoms with Gasteiger partial charge in [0.25, 0.3) is 0 Å². The number of nitrogens with one attached hydrogen (secondary N) is 1. The molecule has 1 aromatic rings. The van der Waals surface area contributed by atoms with E-state index in [0.717, 1.165) is 13.0 Å². The van der Waals surface area contributed by atoms with Crippen molar-refractivity contribution in [3.63, 3.8) is 0 Å². The maximum Gasteiger partial charge on any atom is 0.0374 e. The molecule has 0 bridgehead atoms. The Bertz CT molecular complexity index is 299. The van der Waals surface area contributed by atoms with Crippen LogP contribution in [0.4, 0.5) is 5.69 Å². The highest BCUT2D eigenvalue weighted by molar-refractivity contribution is 14.1. The molecular weight excluding hydrogens is 263 g/mol. The molecule has 3 heteroatoms. The molecule has 1 aromatic carbocycles. The second-order valence-electron chi connectivity index (χ2n) is 3.15. The van der Waals surface area contributed by atoms with Crippen LogP contribution in [0.2, 0.25) is 0 Å². The van der Waals surface area contributed by atoms with Gasteiger partial charge in [0.15, 0.2) is 0 Å². The average Bonchev–Trinajstić information content (AvgIpc) is 2.03. The Hall–Kier alpha value is -0.290. The minimum atomic E-state index is 0.274. The van der Waals surface area contributed by atoms with E-state index < -0.39 is 0 Å². The van der Waals surface area contributed by atoms with Gasteiger partial charge in [-0.25, -0.2) is 0 Å². The molecule has 0 amide bonds. The minimum absolute atomic E-state index is 0.274. The van der Waals surface area contributed by atoms with Gasteiger partial charge in [-0.3, -0.25) is 0 Å². The van der Waals surface area contributed by atoms with Gasteiger partial charge in [0.1, 0.15) is 0 Å². The van der Waals surface area contributed by atoms with E-state index in [1.807, 2.05) is 0 Å². The van der Waals surface area contributed by atoms with Crippen LogP contribution in [0.25, 0.3) is 0 Å². The van der Waals surface area contributed by atoms with Crippen LogP contribution in [-0.2, 0) is 6.42 Å². The van der Waals surface area contributed by atoms with Crippen LogP contribution in [0.3, 0.4) is 0 Å². The van der Waals surface area contributed by atoms with Crippen LogP contribution in [0.15, 0.2) is 18.2 Å². The minimum Gasteiger partial charge on any atom is -0.383 e. The predicted octanol–water partition coefficient (Wildman–Crippen LogP) is 1.59. The Balaban J connectivity index is 2.37. The summed E-state index contributed by atoms with van der Waals surface area (Å²) in [6.45, 7) is 0.896. The van der Waals surface area contributed by atoms with Crippen molar-refractivity contribution in [1.82, 2.24) is 0 Å². The Morgan fingerprint density at radius 2 is 2.33 bits per heavy atom. The van der Waals surface area contributed by atoms with Crippen LogP contribution in [0, 0.1) is 3.57 Å². The van der Waals surface area contributed by atoms with E-state index in [0.29, 0.717) is 0 Å². The number of anilines is 1. The maximum absolute atomic E-state index is 5.83. The van der Waals surface area contributed by atoms with Crippen molar-refractivity contribution in [2.75, 3.05) is 11.9 Å². The molecule has 3 N–H and O–H groups in total. The number of hydrogen-bond acceptors (Lipinski definition) is 2. The van der Waals surface area contributed by atoms with Gasteiger partial charge >= 0.3 is 0 Å².